The van der Waals surface area contributed by atoms with E-state index in [0.29, 0.717) is 0 Å². The summed E-state index contributed by atoms with van der Waals surface area (Å²) in [5, 5.41) is 0. The highest BCUT2D eigenvalue weighted by Gasteiger charge is 2.33. The van der Waals surface area contributed by atoms with Gasteiger partial charge >= 0.3 is 0 Å². The molecule has 1 aliphatic heterocycles. The Morgan fingerprint density at radius 2 is 2.12 bits per heavy atom. The number of hydrogen-bond donors (Lipinski definition) is 1. The second-order valence-corrected chi connectivity index (χ2v) is 5.06. The van der Waals surface area contributed by atoms with E-state index in [0.717, 1.165) is 29.0 Å². The molecule has 16 heavy (non-hydrogen) atoms. The number of benzene rings is 1. The third kappa shape index (κ3) is 1.87. The van der Waals surface area contributed by atoms with E-state index in [-0.39, 0.29) is 11.6 Å². The maximum absolute atomic E-state index is 6.18. The first-order valence-electron chi connectivity index (χ1n) is 5.56. The highest BCUT2D eigenvalue weighted by Crippen LogP contribution is 2.44. The monoisotopic (exact) mass is 221 g/mol. The first kappa shape index (κ1) is 11.3. The van der Waals surface area contributed by atoms with Crippen molar-refractivity contribution in [1.82, 2.24) is 0 Å². The molecule has 0 bridgehead atoms. The molecule has 1 unspecified atom stereocenters. The zero-order valence-electron chi connectivity index (χ0n) is 10.3. The summed E-state index contributed by atoms with van der Waals surface area (Å²) < 4.78 is 11.3. The van der Waals surface area contributed by atoms with Crippen molar-refractivity contribution in [2.45, 2.75) is 38.8 Å². The van der Waals surface area contributed by atoms with Gasteiger partial charge in [-0.3, -0.25) is 0 Å². The molecule has 0 fully saturated rings. The van der Waals surface area contributed by atoms with Crippen LogP contribution >= 0.6 is 0 Å². The molecule has 0 saturated heterocycles. The zero-order chi connectivity index (χ0) is 11.9. The Kier molecular flexibility index (Phi) is 2.58. The number of rotatable bonds is 1. The van der Waals surface area contributed by atoms with Crippen molar-refractivity contribution in [2.75, 3.05) is 7.11 Å². The fraction of sp³-hybridized carbons (Fsp3) is 0.538. The maximum Gasteiger partial charge on any atom is 0.166 e. The molecule has 0 aromatic heterocycles. The Morgan fingerprint density at radius 1 is 1.44 bits per heavy atom. The van der Waals surface area contributed by atoms with E-state index < -0.39 is 0 Å². The average Bonchev–Trinajstić information content (AvgIpc) is 2.17. The van der Waals surface area contributed by atoms with Gasteiger partial charge in [-0.15, -0.1) is 0 Å². The minimum Gasteiger partial charge on any atom is -0.493 e. The van der Waals surface area contributed by atoms with Crippen LogP contribution in [-0.2, 0) is 0 Å². The summed E-state index contributed by atoms with van der Waals surface area (Å²) in [4.78, 5) is 0. The number of methoxy groups -OCH3 is 1. The third-order valence-corrected chi connectivity index (χ3v) is 2.94. The fourth-order valence-corrected chi connectivity index (χ4v) is 2.26. The van der Waals surface area contributed by atoms with E-state index in [1.807, 2.05) is 13.0 Å². The lowest BCUT2D eigenvalue weighted by Crippen LogP contribution is -2.37. The van der Waals surface area contributed by atoms with Crippen molar-refractivity contribution in [2.24, 2.45) is 5.73 Å². The number of fused-ring (bicyclic) bond motifs is 1. The molecule has 1 aromatic rings. The number of aryl methyl sites for hydroxylation is 1. The second-order valence-electron chi connectivity index (χ2n) is 5.06. The van der Waals surface area contributed by atoms with E-state index in [1.54, 1.807) is 7.11 Å². The molecule has 0 aliphatic carbocycles. The van der Waals surface area contributed by atoms with E-state index in [2.05, 4.69) is 19.9 Å². The van der Waals surface area contributed by atoms with Crippen LogP contribution in [0.3, 0.4) is 0 Å². The van der Waals surface area contributed by atoms with Gasteiger partial charge in [0.25, 0.3) is 0 Å². The van der Waals surface area contributed by atoms with Crippen molar-refractivity contribution in [3.63, 3.8) is 0 Å². The van der Waals surface area contributed by atoms with Crippen molar-refractivity contribution in [3.05, 3.63) is 23.3 Å². The van der Waals surface area contributed by atoms with Gasteiger partial charge in [-0.2, -0.15) is 0 Å². The van der Waals surface area contributed by atoms with Crippen molar-refractivity contribution < 1.29 is 9.47 Å². The Labute approximate surface area is 96.5 Å². The van der Waals surface area contributed by atoms with E-state index in [4.69, 9.17) is 15.2 Å². The number of hydrogen-bond acceptors (Lipinski definition) is 3. The maximum atomic E-state index is 6.18. The van der Waals surface area contributed by atoms with Crippen LogP contribution in [0.1, 0.15) is 37.4 Å². The Bertz CT molecular complexity index is 413. The van der Waals surface area contributed by atoms with Gasteiger partial charge in [0.15, 0.2) is 11.5 Å². The summed E-state index contributed by atoms with van der Waals surface area (Å²) in [6.07, 6.45) is 0.826. The van der Waals surface area contributed by atoms with Crippen LogP contribution in [0, 0.1) is 6.92 Å². The summed E-state index contributed by atoms with van der Waals surface area (Å²) in [5.41, 5.74) is 8.15. The summed E-state index contributed by atoms with van der Waals surface area (Å²) >= 11 is 0. The van der Waals surface area contributed by atoms with Crippen LogP contribution in [0.2, 0.25) is 0 Å². The van der Waals surface area contributed by atoms with Crippen LogP contribution < -0.4 is 15.2 Å². The highest BCUT2D eigenvalue weighted by molar-refractivity contribution is 5.52. The Morgan fingerprint density at radius 3 is 2.75 bits per heavy atom. The molecule has 1 atom stereocenters. The largest absolute Gasteiger partial charge is 0.493 e. The molecule has 3 nitrogen and oxygen atoms in total. The lowest BCUT2D eigenvalue weighted by molar-refractivity contribution is 0.0689. The standard InChI is InChI=1S/C13H19NO2/c1-8-5-9-10(14)7-13(2,3)16-12(9)11(6-8)15-4/h5-6,10H,7,14H2,1-4H3. The second kappa shape index (κ2) is 3.67. The van der Waals surface area contributed by atoms with Crippen LogP contribution in [0.25, 0.3) is 0 Å². The molecule has 0 radical (unpaired) electrons. The van der Waals surface area contributed by atoms with Gasteiger partial charge in [0.1, 0.15) is 5.60 Å². The summed E-state index contributed by atoms with van der Waals surface area (Å²) in [6.45, 7) is 6.14. The molecule has 1 aromatic carbocycles. The van der Waals surface area contributed by atoms with Gasteiger partial charge in [0.05, 0.1) is 7.11 Å². The lowest BCUT2D eigenvalue weighted by Gasteiger charge is -2.37. The molecule has 3 heteroatoms. The molecule has 0 amide bonds. The first-order valence-corrected chi connectivity index (χ1v) is 5.56. The molecule has 88 valence electrons. The van der Waals surface area contributed by atoms with Gasteiger partial charge in [-0.05, 0) is 32.4 Å². The van der Waals surface area contributed by atoms with Crippen molar-refractivity contribution in [3.8, 4) is 11.5 Å². The van der Waals surface area contributed by atoms with Gasteiger partial charge in [0, 0.05) is 18.0 Å². The van der Waals surface area contributed by atoms with E-state index in [1.165, 1.54) is 0 Å². The minimum absolute atomic E-state index is 0.0209. The molecule has 1 aliphatic rings. The highest BCUT2D eigenvalue weighted by atomic mass is 16.5. The summed E-state index contributed by atoms with van der Waals surface area (Å²) in [6, 6.07) is 4.08. The van der Waals surface area contributed by atoms with Crippen LogP contribution in [0.4, 0.5) is 0 Å². The molecule has 2 N–H and O–H groups in total. The molecular weight excluding hydrogens is 202 g/mol. The number of ether oxygens (including phenoxy) is 2. The van der Waals surface area contributed by atoms with Crippen LogP contribution in [0.5, 0.6) is 11.5 Å². The van der Waals surface area contributed by atoms with E-state index in [9.17, 15) is 0 Å². The predicted molar refractivity (Wildman–Crippen MR) is 64.0 cm³/mol. The van der Waals surface area contributed by atoms with Crippen LogP contribution in [-0.4, -0.2) is 12.7 Å². The summed E-state index contributed by atoms with van der Waals surface area (Å²) in [5.74, 6) is 1.58. The van der Waals surface area contributed by atoms with E-state index >= 15 is 0 Å². The topological polar surface area (TPSA) is 44.5 Å². The lowest BCUT2D eigenvalue weighted by atomic mass is 9.89. The molecule has 1 heterocycles. The predicted octanol–water partition coefficient (Wildman–Crippen LogP) is 2.56. The molecule has 0 saturated carbocycles. The molecular formula is C13H19NO2. The van der Waals surface area contributed by atoms with Crippen LogP contribution in [0.15, 0.2) is 12.1 Å². The van der Waals surface area contributed by atoms with Gasteiger partial charge in [-0.25, -0.2) is 0 Å². The smallest absolute Gasteiger partial charge is 0.166 e. The average molecular weight is 221 g/mol. The minimum atomic E-state index is -0.227. The summed E-state index contributed by atoms with van der Waals surface area (Å²) in [7, 11) is 1.66. The number of nitrogens with two attached hydrogens (primary N) is 1. The van der Waals surface area contributed by atoms with Gasteiger partial charge in [0.2, 0.25) is 0 Å². The quantitative estimate of drug-likeness (QED) is 0.792. The SMILES string of the molecule is COc1cc(C)cc2c1OC(C)(C)CC2N. The third-order valence-electron chi connectivity index (χ3n) is 2.94. The van der Waals surface area contributed by atoms with Crippen molar-refractivity contribution >= 4 is 0 Å². The van der Waals surface area contributed by atoms with Gasteiger partial charge in [-0.1, -0.05) is 6.07 Å². The normalized spacial score (nSPS) is 22.2. The van der Waals surface area contributed by atoms with Crippen molar-refractivity contribution in [1.29, 1.82) is 0 Å². The Balaban J connectivity index is 2.55. The zero-order valence-corrected chi connectivity index (χ0v) is 10.3. The molecule has 2 rings (SSSR count). The Hall–Kier alpha value is -1.22. The van der Waals surface area contributed by atoms with Gasteiger partial charge < -0.3 is 15.2 Å². The fourth-order valence-electron chi connectivity index (χ4n) is 2.26. The first-order chi connectivity index (χ1) is 7.43. The molecule has 0 spiro atoms.